The largest absolute Gasteiger partial charge is 0.396 e. The Morgan fingerprint density at radius 2 is 1.54 bits per heavy atom. The molecule has 0 aliphatic carbocycles. The van der Waals surface area contributed by atoms with E-state index >= 15 is 0 Å². The quantitative estimate of drug-likeness (QED) is 0.284. The second-order valence-electron chi connectivity index (χ2n) is 2.48. The summed E-state index contributed by atoms with van der Waals surface area (Å²) in [5.41, 5.74) is 0. The minimum Gasteiger partial charge on any atom is -0.396 e. The van der Waals surface area contributed by atoms with E-state index in [1.54, 1.807) is 0 Å². The highest BCUT2D eigenvalue weighted by atomic mass is 16.7. The Morgan fingerprint density at radius 1 is 1.15 bits per heavy atom. The summed E-state index contributed by atoms with van der Waals surface area (Å²) >= 11 is 0. The number of rotatable bonds is 4. The lowest BCUT2D eigenvalue weighted by Crippen LogP contribution is -2.24. The molecule has 82 valence electrons. The van der Waals surface area contributed by atoms with Gasteiger partial charge in [0.05, 0.1) is 12.7 Å². The van der Waals surface area contributed by atoms with Gasteiger partial charge in [-0.15, -0.1) is 0 Å². The second kappa shape index (κ2) is 8.36. The van der Waals surface area contributed by atoms with Gasteiger partial charge in [0, 0.05) is 13.0 Å². The highest BCUT2D eigenvalue weighted by Crippen LogP contribution is 1.95. The molecule has 13 heavy (non-hydrogen) atoms. The van der Waals surface area contributed by atoms with E-state index in [0.717, 1.165) is 0 Å². The summed E-state index contributed by atoms with van der Waals surface area (Å²) in [6.45, 7) is 1.13. The molecular formula is C7H18O6. The first-order chi connectivity index (χ1) is 5.87. The zero-order valence-electron chi connectivity index (χ0n) is 7.59. The summed E-state index contributed by atoms with van der Waals surface area (Å²) in [7, 11) is 0. The van der Waals surface area contributed by atoms with E-state index in [0.29, 0.717) is 0 Å². The van der Waals surface area contributed by atoms with Gasteiger partial charge in [-0.05, 0) is 6.42 Å². The predicted octanol–water partition coefficient (Wildman–Crippen LogP) is -2.25. The first-order valence-electron chi connectivity index (χ1n) is 3.94. The molecule has 0 aromatic heterocycles. The predicted molar refractivity (Wildman–Crippen MR) is 44.5 cm³/mol. The number of hydrogen-bond acceptors (Lipinski definition) is 6. The van der Waals surface area contributed by atoms with Crippen LogP contribution in [0.3, 0.4) is 0 Å². The lowest BCUT2D eigenvalue weighted by molar-refractivity contribution is -0.312. The summed E-state index contributed by atoms with van der Waals surface area (Å²) < 4.78 is 0. The minimum atomic E-state index is -2.46. The summed E-state index contributed by atoms with van der Waals surface area (Å²) in [6.07, 6.45) is -0.547. The van der Waals surface area contributed by atoms with E-state index in [4.69, 9.17) is 30.6 Å². The Kier molecular flexibility index (Phi) is 9.80. The molecule has 1 unspecified atom stereocenters. The van der Waals surface area contributed by atoms with Crippen molar-refractivity contribution < 1.29 is 30.6 Å². The molecule has 0 aliphatic rings. The van der Waals surface area contributed by atoms with Gasteiger partial charge in [0.15, 0.2) is 0 Å². The Morgan fingerprint density at radius 3 is 1.62 bits per heavy atom. The second-order valence-corrected chi connectivity index (χ2v) is 2.48. The van der Waals surface area contributed by atoms with Crippen molar-refractivity contribution in [3.63, 3.8) is 0 Å². The van der Waals surface area contributed by atoms with Gasteiger partial charge in [0.2, 0.25) is 0 Å². The van der Waals surface area contributed by atoms with Gasteiger partial charge in [0.25, 0.3) is 5.97 Å². The van der Waals surface area contributed by atoms with Crippen molar-refractivity contribution in [3.05, 3.63) is 0 Å². The molecule has 0 saturated carbocycles. The molecule has 0 amide bonds. The van der Waals surface area contributed by atoms with Crippen molar-refractivity contribution in [2.45, 2.75) is 31.8 Å². The molecule has 0 rings (SSSR count). The number of aliphatic hydroxyl groups is 6. The molecule has 6 nitrogen and oxygen atoms in total. The van der Waals surface area contributed by atoms with Gasteiger partial charge in [-0.1, -0.05) is 6.92 Å². The molecule has 0 aromatic rings. The summed E-state index contributed by atoms with van der Waals surface area (Å²) in [5, 5.41) is 48.5. The summed E-state index contributed by atoms with van der Waals surface area (Å²) in [5.74, 6) is -2.46. The van der Waals surface area contributed by atoms with Crippen molar-refractivity contribution in [1.29, 1.82) is 0 Å². The summed E-state index contributed by atoms with van der Waals surface area (Å²) in [4.78, 5) is 0. The lowest BCUT2D eigenvalue weighted by Gasteiger charge is -2.08. The fourth-order valence-electron chi connectivity index (χ4n) is 0.240. The smallest absolute Gasteiger partial charge is 0.274 e. The lowest BCUT2D eigenvalue weighted by atomic mass is 10.3. The Balaban J connectivity index is 0. The zero-order valence-corrected chi connectivity index (χ0v) is 7.59. The minimum absolute atomic E-state index is 0.0625. The van der Waals surface area contributed by atoms with Crippen molar-refractivity contribution in [3.8, 4) is 0 Å². The maximum atomic E-state index is 8.45. The molecule has 0 radical (unpaired) electrons. The van der Waals surface area contributed by atoms with Crippen molar-refractivity contribution in [2.24, 2.45) is 0 Å². The van der Waals surface area contributed by atoms with Gasteiger partial charge in [-0.25, -0.2) is 0 Å². The van der Waals surface area contributed by atoms with E-state index in [2.05, 4.69) is 0 Å². The first-order valence-corrected chi connectivity index (χ1v) is 3.94. The number of aliphatic hydroxyl groups excluding tert-OH is 3. The van der Waals surface area contributed by atoms with E-state index in [1.807, 2.05) is 0 Å². The normalized spacial score (nSPS) is 13.2. The van der Waals surface area contributed by atoms with Gasteiger partial charge in [-0.2, -0.15) is 0 Å². The molecule has 0 heterocycles. The van der Waals surface area contributed by atoms with Crippen LogP contribution in [0.15, 0.2) is 0 Å². The topological polar surface area (TPSA) is 121 Å². The highest BCUT2D eigenvalue weighted by molar-refractivity contribution is 4.48. The molecule has 0 saturated heterocycles. The first kappa shape index (κ1) is 15.2. The Hall–Kier alpha value is -0.240. The monoisotopic (exact) mass is 198 g/mol. The molecule has 0 fully saturated rings. The molecule has 1 atom stereocenters. The van der Waals surface area contributed by atoms with Crippen LogP contribution < -0.4 is 0 Å². The maximum Gasteiger partial charge on any atom is 0.274 e. The third kappa shape index (κ3) is 18.6. The van der Waals surface area contributed by atoms with Gasteiger partial charge >= 0.3 is 0 Å². The van der Waals surface area contributed by atoms with Crippen LogP contribution >= 0.6 is 0 Å². The molecule has 0 spiro atoms. The van der Waals surface area contributed by atoms with Crippen LogP contribution in [0.1, 0.15) is 19.8 Å². The molecule has 0 aliphatic heterocycles. The van der Waals surface area contributed by atoms with Gasteiger partial charge in [0.1, 0.15) is 0 Å². The van der Waals surface area contributed by atoms with E-state index in [-0.39, 0.29) is 26.1 Å². The van der Waals surface area contributed by atoms with Crippen LogP contribution in [-0.2, 0) is 0 Å². The fourth-order valence-corrected chi connectivity index (χ4v) is 0.240. The van der Waals surface area contributed by atoms with Crippen LogP contribution in [0.5, 0.6) is 0 Å². The van der Waals surface area contributed by atoms with E-state index in [9.17, 15) is 0 Å². The number of hydrogen-bond donors (Lipinski definition) is 6. The third-order valence-electron chi connectivity index (χ3n) is 1.15. The van der Waals surface area contributed by atoms with Gasteiger partial charge in [-0.3, -0.25) is 0 Å². The van der Waals surface area contributed by atoms with Crippen LogP contribution in [0.2, 0.25) is 0 Å². The third-order valence-corrected chi connectivity index (χ3v) is 1.15. The summed E-state index contributed by atoms with van der Waals surface area (Å²) in [6, 6.07) is 0. The average Bonchev–Trinajstić information content (AvgIpc) is 2.05. The molecule has 0 aromatic carbocycles. The Bertz CT molecular complexity index is 99.6. The molecule has 0 bridgehead atoms. The van der Waals surface area contributed by atoms with Crippen molar-refractivity contribution in [1.82, 2.24) is 0 Å². The maximum absolute atomic E-state index is 8.45. The zero-order chi connectivity index (χ0) is 10.9. The van der Waals surface area contributed by atoms with E-state index < -0.39 is 12.1 Å². The van der Waals surface area contributed by atoms with Crippen LogP contribution in [0.25, 0.3) is 0 Å². The SMILES string of the molecule is CCC(O)(O)O.OCCC(O)CO. The molecular weight excluding hydrogens is 180 g/mol. The molecule has 6 N–H and O–H groups in total. The van der Waals surface area contributed by atoms with Crippen molar-refractivity contribution >= 4 is 0 Å². The van der Waals surface area contributed by atoms with E-state index in [1.165, 1.54) is 6.92 Å². The molecule has 6 heteroatoms. The van der Waals surface area contributed by atoms with Crippen LogP contribution in [-0.4, -0.2) is 55.9 Å². The van der Waals surface area contributed by atoms with Gasteiger partial charge < -0.3 is 30.6 Å². The average molecular weight is 198 g/mol. The highest BCUT2D eigenvalue weighted by Gasteiger charge is 2.11. The fraction of sp³-hybridized carbons (Fsp3) is 1.00. The standard InChI is InChI=1S/C4H10O3.C3H8O3/c5-2-1-4(7)3-6;1-2-3(4,5)6/h4-7H,1-3H2;4-6H,2H2,1H3. The van der Waals surface area contributed by atoms with Crippen molar-refractivity contribution in [2.75, 3.05) is 13.2 Å². The Labute approximate surface area is 76.7 Å². The van der Waals surface area contributed by atoms with Crippen LogP contribution in [0.4, 0.5) is 0 Å². The van der Waals surface area contributed by atoms with Crippen LogP contribution in [0, 0.1) is 0 Å².